The molecular weight excluding hydrogens is 240 g/mol. The Morgan fingerprint density at radius 3 is 2.84 bits per heavy atom. The molecule has 2 N–H and O–H groups in total. The van der Waals surface area contributed by atoms with Crippen molar-refractivity contribution in [3.63, 3.8) is 0 Å². The van der Waals surface area contributed by atoms with Crippen molar-refractivity contribution in [2.24, 2.45) is 0 Å². The summed E-state index contributed by atoms with van der Waals surface area (Å²) in [4.78, 5) is 10.8. The number of anilines is 1. The summed E-state index contributed by atoms with van der Waals surface area (Å²) < 4.78 is 6.04. The van der Waals surface area contributed by atoms with E-state index in [1.54, 1.807) is 0 Å². The highest BCUT2D eigenvalue weighted by molar-refractivity contribution is 5.85. The van der Waals surface area contributed by atoms with Crippen molar-refractivity contribution >= 4 is 16.6 Å². The summed E-state index contributed by atoms with van der Waals surface area (Å²) in [7, 11) is 2.14. The number of hydrogen-bond acceptors (Lipinski definition) is 5. The van der Waals surface area contributed by atoms with Gasteiger partial charge >= 0.3 is 0 Å². The first-order valence-corrected chi connectivity index (χ1v) is 6.58. The maximum atomic E-state index is 6.04. The number of likely N-dealkylation sites (tertiary alicyclic amines) is 1. The Bertz CT molecular complexity index is 579. The van der Waals surface area contributed by atoms with E-state index >= 15 is 0 Å². The number of benzene rings is 1. The van der Waals surface area contributed by atoms with Crippen LogP contribution in [0.25, 0.3) is 10.9 Å². The lowest BCUT2D eigenvalue weighted by Gasteiger charge is -2.29. The monoisotopic (exact) mass is 258 g/mol. The van der Waals surface area contributed by atoms with Crippen LogP contribution in [0.3, 0.4) is 0 Å². The molecule has 1 aliphatic heterocycles. The third-order valence-corrected chi connectivity index (χ3v) is 3.57. The highest BCUT2D eigenvalue weighted by Gasteiger charge is 2.19. The lowest BCUT2D eigenvalue weighted by atomic mass is 10.1. The Kier molecular flexibility index (Phi) is 3.21. The topological polar surface area (TPSA) is 64.3 Å². The summed E-state index contributed by atoms with van der Waals surface area (Å²) in [6, 6.07) is 5.63. The van der Waals surface area contributed by atoms with Gasteiger partial charge in [0.15, 0.2) is 0 Å². The molecule has 2 aromatic rings. The molecule has 1 aromatic heterocycles. The van der Waals surface area contributed by atoms with Crippen molar-refractivity contribution in [3.05, 3.63) is 24.5 Å². The molecular formula is C14H18N4O. The second-order valence-electron chi connectivity index (χ2n) is 5.08. The SMILES string of the molecule is CN1CCC(Oc2ncnc3cc(N)ccc23)CC1. The third-order valence-electron chi connectivity index (χ3n) is 3.57. The second-order valence-corrected chi connectivity index (χ2v) is 5.08. The van der Waals surface area contributed by atoms with Crippen molar-refractivity contribution in [2.45, 2.75) is 18.9 Å². The number of nitrogens with two attached hydrogens (primary N) is 1. The lowest BCUT2D eigenvalue weighted by molar-refractivity contribution is 0.111. The van der Waals surface area contributed by atoms with E-state index in [0.717, 1.165) is 36.8 Å². The molecule has 0 spiro atoms. The maximum absolute atomic E-state index is 6.04. The molecule has 1 aromatic carbocycles. The van der Waals surface area contributed by atoms with Gasteiger partial charge in [-0.25, -0.2) is 9.97 Å². The number of piperidine rings is 1. The van der Waals surface area contributed by atoms with Gasteiger partial charge < -0.3 is 15.4 Å². The predicted octanol–water partition coefficient (Wildman–Crippen LogP) is 1.69. The van der Waals surface area contributed by atoms with Crippen molar-refractivity contribution < 1.29 is 4.74 Å². The summed E-state index contributed by atoms with van der Waals surface area (Å²) in [5.74, 6) is 0.666. The normalized spacial score (nSPS) is 17.7. The zero-order chi connectivity index (χ0) is 13.2. The number of nitrogens with zero attached hydrogens (tertiary/aromatic N) is 3. The van der Waals surface area contributed by atoms with Gasteiger partial charge in [0.1, 0.15) is 12.4 Å². The van der Waals surface area contributed by atoms with Gasteiger partial charge in [-0.15, -0.1) is 0 Å². The van der Waals surface area contributed by atoms with Crippen LogP contribution in [0, 0.1) is 0 Å². The van der Waals surface area contributed by atoms with Gasteiger partial charge in [0.05, 0.1) is 10.9 Å². The van der Waals surface area contributed by atoms with E-state index in [1.165, 1.54) is 6.33 Å². The van der Waals surface area contributed by atoms with Crippen molar-refractivity contribution in [2.75, 3.05) is 25.9 Å². The van der Waals surface area contributed by atoms with Crippen LogP contribution in [0.15, 0.2) is 24.5 Å². The zero-order valence-corrected chi connectivity index (χ0v) is 11.0. The molecule has 1 saturated heterocycles. The van der Waals surface area contributed by atoms with Gasteiger partial charge in [0.2, 0.25) is 5.88 Å². The fourth-order valence-electron chi connectivity index (χ4n) is 2.40. The van der Waals surface area contributed by atoms with Gasteiger partial charge in [0, 0.05) is 18.8 Å². The van der Waals surface area contributed by atoms with E-state index in [-0.39, 0.29) is 6.10 Å². The second kappa shape index (κ2) is 5.01. The first kappa shape index (κ1) is 12.2. The number of hydrogen-bond donors (Lipinski definition) is 1. The summed E-state index contributed by atoms with van der Waals surface area (Å²) in [6.45, 7) is 2.14. The molecule has 1 fully saturated rings. The molecule has 0 saturated carbocycles. The van der Waals surface area contributed by atoms with Crippen LogP contribution in [-0.2, 0) is 0 Å². The molecule has 0 radical (unpaired) electrons. The quantitative estimate of drug-likeness (QED) is 0.830. The van der Waals surface area contributed by atoms with Crippen LogP contribution in [0.5, 0.6) is 5.88 Å². The van der Waals surface area contributed by atoms with Crippen LogP contribution >= 0.6 is 0 Å². The van der Waals surface area contributed by atoms with E-state index in [2.05, 4.69) is 21.9 Å². The largest absolute Gasteiger partial charge is 0.474 e. The third kappa shape index (κ3) is 2.61. The Balaban J connectivity index is 1.84. The molecule has 2 heterocycles. The summed E-state index contributed by atoms with van der Waals surface area (Å²) in [5, 5.41) is 0.927. The standard InChI is InChI=1S/C14H18N4O/c1-18-6-4-11(5-7-18)19-14-12-3-2-10(15)8-13(12)16-9-17-14/h2-3,8-9,11H,4-7,15H2,1H3. The van der Waals surface area contributed by atoms with Crippen molar-refractivity contribution in [1.82, 2.24) is 14.9 Å². The first-order valence-electron chi connectivity index (χ1n) is 6.58. The smallest absolute Gasteiger partial charge is 0.224 e. The molecule has 3 rings (SSSR count). The fraction of sp³-hybridized carbons (Fsp3) is 0.429. The Morgan fingerprint density at radius 1 is 1.26 bits per heavy atom. The highest BCUT2D eigenvalue weighted by Crippen LogP contribution is 2.25. The molecule has 0 atom stereocenters. The maximum Gasteiger partial charge on any atom is 0.224 e. The Hall–Kier alpha value is -1.88. The van der Waals surface area contributed by atoms with Crippen LogP contribution in [0.2, 0.25) is 0 Å². The number of aromatic nitrogens is 2. The summed E-state index contributed by atoms with van der Waals surface area (Å²) in [5.41, 5.74) is 7.30. The Morgan fingerprint density at radius 2 is 2.05 bits per heavy atom. The van der Waals surface area contributed by atoms with Crippen LogP contribution in [-0.4, -0.2) is 41.1 Å². The van der Waals surface area contributed by atoms with Gasteiger partial charge in [-0.3, -0.25) is 0 Å². The van der Waals surface area contributed by atoms with Crippen LogP contribution in [0.1, 0.15) is 12.8 Å². The van der Waals surface area contributed by atoms with E-state index in [1.807, 2.05) is 18.2 Å². The average Bonchev–Trinajstić information content (AvgIpc) is 2.41. The zero-order valence-electron chi connectivity index (χ0n) is 11.0. The Labute approximate surface area is 112 Å². The summed E-state index contributed by atoms with van der Waals surface area (Å²) in [6.07, 6.45) is 3.85. The predicted molar refractivity (Wildman–Crippen MR) is 75.1 cm³/mol. The first-order chi connectivity index (χ1) is 9.22. The number of rotatable bonds is 2. The van der Waals surface area contributed by atoms with Crippen molar-refractivity contribution in [3.8, 4) is 5.88 Å². The van der Waals surface area contributed by atoms with E-state index in [0.29, 0.717) is 11.6 Å². The minimum atomic E-state index is 0.242. The highest BCUT2D eigenvalue weighted by atomic mass is 16.5. The molecule has 19 heavy (non-hydrogen) atoms. The minimum absolute atomic E-state index is 0.242. The van der Waals surface area contributed by atoms with Crippen LogP contribution < -0.4 is 10.5 Å². The van der Waals surface area contributed by atoms with E-state index in [4.69, 9.17) is 10.5 Å². The van der Waals surface area contributed by atoms with Crippen molar-refractivity contribution in [1.29, 1.82) is 0 Å². The number of nitrogen functional groups attached to an aromatic ring is 1. The molecule has 5 heteroatoms. The lowest BCUT2D eigenvalue weighted by Crippen LogP contribution is -2.35. The molecule has 0 bridgehead atoms. The van der Waals surface area contributed by atoms with Crippen LogP contribution in [0.4, 0.5) is 5.69 Å². The molecule has 0 amide bonds. The van der Waals surface area contributed by atoms with Gasteiger partial charge in [-0.2, -0.15) is 0 Å². The molecule has 100 valence electrons. The summed E-state index contributed by atoms with van der Waals surface area (Å²) >= 11 is 0. The van der Waals surface area contributed by atoms with Gasteiger partial charge in [-0.05, 0) is 38.1 Å². The number of ether oxygens (including phenoxy) is 1. The van der Waals surface area contributed by atoms with Gasteiger partial charge in [0.25, 0.3) is 0 Å². The van der Waals surface area contributed by atoms with E-state index < -0.39 is 0 Å². The molecule has 0 aliphatic carbocycles. The number of fused-ring (bicyclic) bond motifs is 1. The molecule has 5 nitrogen and oxygen atoms in total. The average molecular weight is 258 g/mol. The fourth-order valence-corrected chi connectivity index (χ4v) is 2.40. The van der Waals surface area contributed by atoms with Gasteiger partial charge in [-0.1, -0.05) is 0 Å². The van der Waals surface area contributed by atoms with E-state index in [9.17, 15) is 0 Å². The molecule has 1 aliphatic rings. The molecule has 0 unspecified atom stereocenters. The minimum Gasteiger partial charge on any atom is -0.474 e.